The molecule has 0 aliphatic heterocycles. The first-order chi connectivity index (χ1) is 10.9. The van der Waals surface area contributed by atoms with E-state index in [1.807, 2.05) is 26.8 Å². The van der Waals surface area contributed by atoms with Crippen molar-refractivity contribution in [2.45, 2.75) is 40.5 Å². The van der Waals surface area contributed by atoms with Crippen molar-refractivity contribution in [3.63, 3.8) is 0 Å². The molecule has 1 aromatic carbocycles. The summed E-state index contributed by atoms with van der Waals surface area (Å²) < 4.78 is 5.65. The van der Waals surface area contributed by atoms with Gasteiger partial charge in [-0.2, -0.15) is 0 Å². The number of hydrogen-bond donors (Lipinski definition) is 1. The zero-order valence-electron chi connectivity index (χ0n) is 14.1. The number of rotatable bonds is 8. The molecule has 1 aromatic rings. The number of ether oxygens (including phenoxy) is 1. The highest BCUT2D eigenvalue weighted by molar-refractivity contribution is 6.04. The van der Waals surface area contributed by atoms with Crippen molar-refractivity contribution in [1.82, 2.24) is 0 Å². The lowest BCUT2D eigenvalue weighted by Crippen LogP contribution is -2.14. The van der Waals surface area contributed by atoms with E-state index < -0.39 is 5.97 Å². The Morgan fingerprint density at radius 1 is 1.22 bits per heavy atom. The molecule has 1 N–H and O–H groups in total. The van der Waals surface area contributed by atoms with Crippen LogP contribution in [0.5, 0.6) is 0 Å². The van der Waals surface area contributed by atoms with Crippen molar-refractivity contribution < 1.29 is 19.4 Å². The van der Waals surface area contributed by atoms with Crippen LogP contribution in [0.25, 0.3) is 5.76 Å². The maximum absolute atomic E-state index is 12.5. The van der Waals surface area contributed by atoms with E-state index in [0.717, 1.165) is 12.8 Å². The third-order valence-electron chi connectivity index (χ3n) is 3.69. The van der Waals surface area contributed by atoms with E-state index in [2.05, 4.69) is 0 Å². The van der Waals surface area contributed by atoms with Crippen LogP contribution in [-0.2, 0) is 9.53 Å². The van der Waals surface area contributed by atoms with Crippen LogP contribution in [0.15, 0.2) is 42.2 Å². The predicted octanol–water partition coefficient (Wildman–Crippen LogP) is 4.67. The highest BCUT2D eigenvalue weighted by Gasteiger charge is 2.22. The summed E-state index contributed by atoms with van der Waals surface area (Å²) >= 11 is 0. The molecule has 0 aromatic heterocycles. The molecule has 0 bridgehead atoms. The molecule has 1 atom stereocenters. The van der Waals surface area contributed by atoms with Crippen molar-refractivity contribution in [2.75, 3.05) is 0 Å². The van der Waals surface area contributed by atoms with Gasteiger partial charge in [-0.15, -0.1) is 0 Å². The van der Waals surface area contributed by atoms with Crippen LogP contribution in [0, 0.1) is 5.92 Å². The van der Waals surface area contributed by atoms with Crippen LogP contribution in [0.3, 0.4) is 0 Å². The zero-order chi connectivity index (χ0) is 17.4. The molecule has 0 radical (unpaired) electrons. The van der Waals surface area contributed by atoms with Crippen molar-refractivity contribution in [1.29, 1.82) is 0 Å². The van der Waals surface area contributed by atoms with Crippen molar-refractivity contribution in [3.8, 4) is 0 Å². The maximum atomic E-state index is 12.5. The summed E-state index contributed by atoms with van der Waals surface area (Å²) in [4.78, 5) is 24.0. The standard InChI is InChI=1S/C19H24O4/c1-5-7-12-23-18(14(4)17(20)13(3)6-2)15-10-8-9-11-16(15)19(21)22/h7-13H,5-6H2,1-4H3,(H,21,22)/b12-7-,18-14+. The van der Waals surface area contributed by atoms with E-state index in [0.29, 0.717) is 16.9 Å². The van der Waals surface area contributed by atoms with Crippen LogP contribution in [0.1, 0.15) is 56.5 Å². The number of allylic oxidation sites excluding steroid dienone is 2. The topological polar surface area (TPSA) is 63.6 Å². The minimum atomic E-state index is -1.05. The first-order valence-corrected chi connectivity index (χ1v) is 7.83. The molecule has 0 amide bonds. The van der Waals surface area contributed by atoms with E-state index in [1.165, 1.54) is 12.3 Å². The van der Waals surface area contributed by atoms with Gasteiger partial charge in [-0.3, -0.25) is 4.79 Å². The van der Waals surface area contributed by atoms with Gasteiger partial charge in [0, 0.05) is 17.1 Å². The first kappa shape index (κ1) is 18.7. The van der Waals surface area contributed by atoms with Gasteiger partial charge in [-0.25, -0.2) is 4.79 Å². The van der Waals surface area contributed by atoms with E-state index in [4.69, 9.17) is 4.74 Å². The minimum Gasteiger partial charge on any atom is -0.478 e. The molecule has 4 nitrogen and oxygen atoms in total. The monoisotopic (exact) mass is 316 g/mol. The Morgan fingerprint density at radius 3 is 2.35 bits per heavy atom. The van der Waals surface area contributed by atoms with Crippen molar-refractivity contribution >= 4 is 17.5 Å². The second-order valence-electron chi connectivity index (χ2n) is 5.38. The van der Waals surface area contributed by atoms with Crippen molar-refractivity contribution in [3.05, 3.63) is 53.3 Å². The molecule has 0 saturated heterocycles. The molecule has 4 heteroatoms. The SMILES string of the molecule is CC/C=C\O/C(=C(\C)C(=O)C(C)CC)c1ccccc1C(=O)O. The summed E-state index contributed by atoms with van der Waals surface area (Å²) in [6.45, 7) is 7.45. The number of benzene rings is 1. The second kappa shape index (κ2) is 8.93. The zero-order valence-corrected chi connectivity index (χ0v) is 14.1. The molecular weight excluding hydrogens is 292 g/mol. The van der Waals surface area contributed by atoms with Crippen LogP contribution in [-0.4, -0.2) is 16.9 Å². The van der Waals surface area contributed by atoms with Gasteiger partial charge in [0.15, 0.2) is 5.78 Å². The Kier molecular flexibility index (Phi) is 7.26. The lowest BCUT2D eigenvalue weighted by atomic mass is 9.94. The first-order valence-electron chi connectivity index (χ1n) is 7.83. The van der Waals surface area contributed by atoms with E-state index in [-0.39, 0.29) is 17.3 Å². The number of hydrogen-bond acceptors (Lipinski definition) is 3. The average molecular weight is 316 g/mol. The van der Waals surface area contributed by atoms with Crippen LogP contribution in [0.2, 0.25) is 0 Å². The Hall–Kier alpha value is -2.36. The average Bonchev–Trinajstić information content (AvgIpc) is 2.56. The van der Waals surface area contributed by atoms with Crippen LogP contribution < -0.4 is 0 Å². The Morgan fingerprint density at radius 2 is 1.83 bits per heavy atom. The predicted molar refractivity (Wildman–Crippen MR) is 91.0 cm³/mol. The summed E-state index contributed by atoms with van der Waals surface area (Å²) in [6.07, 6.45) is 4.81. The van der Waals surface area contributed by atoms with Gasteiger partial charge in [0.25, 0.3) is 0 Å². The summed E-state index contributed by atoms with van der Waals surface area (Å²) in [5.41, 5.74) is 0.965. The van der Waals surface area contributed by atoms with Crippen molar-refractivity contribution in [2.24, 2.45) is 5.92 Å². The second-order valence-corrected chi connectivity index (χ2v) is 5.38. The fraction of sp³-hybridized carbons (Fsp3) is 0.368. The molecule has 124 valence electrons. The largest absolute Gasteiger partial charge is 0.478 e. The Labute approximate surface area is 137 Å². The number of carbonyl (C=O) groups is 2. The highest BCUT2D eigenvalue weighted by Crippen LogP contribution is 2.27. The molecule has 0 saturated carbocycles. The Bertz CT molecular complexity index is 626. The van der Waals surface area contributed by atoms with E-state index >= 15 is 0 Å². The minimum absolute atomic E-state index is 0.0346. The normalized spacial score (nSPS) is 13.6. The van der Waals surface area contributed by atoms with Gasteiger partial charge in [-0.1, -0.05) is 39.0 Å². The molecule has 0 heterocycles. The maximum Gasteiger partial charge on any atom is 0.336 e. The van der Waals surface area contributed by atoms with Gasteiger partial charge in [0.2, 0.25) is 0 Å². The fourth-order valence-electron chi connectivity index (χ4n) is 2.10. The fourth-order valence-corrected chi connectivity index (χ4v) is 2.10. The molecule has 0 spiro atoms. The molecule has 23 heavy (non-hydrogen) atoms. The third-order valence-corrected chi connectivity index (χ3v) is 3.69. The number of aromatic carboxylic acids is 1. The summed E-state index contributed by atoms with van der Waals surface area (Å²) in [5, 5.41) is 9.38. The summed E-state index contributed by atoms with van der Waals surface area (Å²) in [5.74, 6) is -0.920. The molecule has 1 unspecified atom stereocenters. The third kappa shape index (κ3) is 4.81. The summed E-state index contributed by atoms with van der Waals surface area (Å²) in [7, 11) is 0. The quantitative estimate of drug-likeness (QED) is 0.559. The number of ketones is 1. The molecule has 0 aliphatic carbocycles. The van der Waals surface area contributed by atoms with E-state index in [9.17, 15) is 14.7 Å². The van der Waals surface area contributed by atoms with Gasteiger partial charge < -0.3 is 9.84 Å². The smallest absolute Gasteiger partial charge is 0.336 e. The number of carbonyl (C=O) groups excluding carboxylic acids is 1. The molecule has 0 fully saturated rings. The summed E-state index contributed by atoms with van der Waals surface area (Å²) in [6, 6.07) is 6.55. The highest BCUT2D eigenvalue weighted by atomic mass is 16.5. The number of carboxylic acids is 1. The lowest BCUT2D eigenvalue weighted by molar-refractivity contribution is -0.118. The molecule has 1 rings (SSSR count). The van der Waals surface area contributed by atoms with Crippen LogP contribution in [0.4, 0.5) is 0 Å². The number of Topliss-reactive ketones (excluding diaryl/α,β-unsaturated/α-hetero) is 1. The molecular formula is C19H24O4. The van der Waals surface area contributed by atoms with Gasteiger partial charge in [0.1, 0.15) is 5.76 Å². The van der Waals surface area contributed by atoms with Gasteiger partial charge >= 0.3 is 5.97 Å². The van der Waals surface area contributed by atoms with Gasteiger partial charge in [-0.05, 0) is 31.9 Å². The molecule has 0 aliphatic rings. The van der Waals surface area contributed by atoms with Gasteiger partial charge in [0.05, 0.1) is 11.8 Å². The Balaban J connectivity index is 3.45. The van der Waals surface area contributed by atoms with E-state index in [1.54, 1.807) is 25.1 Å². The number of carboxylic acid groups (broad SMARTS) is 1. The lowest BCUT2D eigenvalue weighted by Gasteiger charge is -2.15. The van der Waals surface area contributed by atoms with Crippen LogP contribution >= 0.6 is 0 Å².